The van der Waals surface area contributed by atoms with Gasteiger partial charge in [0.2, 0.25) is 0 Å². The Labute approximate surface area is 39.3 Å². The second kappa shape index (κ2) is 10.7. The van der Waals surface area contributed by atoms with Gasteiger partial charge in [-0.2, -0.15) is 0 Å². The minimum Gasteiger partial charge on any atom is -0.483 e. The molecule has 0 amide bonds. The fourth-order valence-corrected chi connectivity index (χ4v) is 0. The molecule has 0 aromatic heterocycles. The average Bonchev–Trinajstić information content (AvgIpc) is 0.918. The van der Waals surface area contributed by atoms with Crippen molar-refractivity contribution in [3.05, 3.63) is 0 Å². The molecule has 1 radical (unpaired) electrons. The van der Waals surface area contributed by atoms with Gasteiger partial charge in [-0.1, -0.05) is 0 Å². The molecule has 0 spiro atoms. The van der Waals surface area contributed by atoms with E-state index in [4.69, 9.17) is 9.90 Å². The number of carbonyl (C=O) groups is 1. The molecule has 0 aliphatic rings. The van der Waals surface area contributed by atoms with E-state index < -0.39 is 0 Å². The normalized spacial score (nSPS) is 3.00. The van der Waals surface area contributed by atoms with Crippen molar-refractivity contribution >= 4 is 6.47 Å². The van der Waals surface area contributed by atoms with Crippen molar-refractivity contribution in [3.63, 3.8) is 0 Å². The van der Waals surface area contributed by atoms with E-state index in [1.165, 1.54) is 0 Å². The summed E-state index contributed by atoms with van der Waals surface area (Å²) in [5.41, 5.74) is 0. The number of hydrogen-bond acceptors (Lipinski definition) is 1. The molecule has 0 bridgehead atoms. The quantitative estimate of drug-likeness (QED) is 0.577. The van der Waals surface area contributed by atoms with Crippen LogP contribution in [0.3, 0.4) is 0 Å². The van der Waals surface area contributed by atoms with E-state index in [2.05, 4.69) is 0 Å². The van der Waals surface area contributed by atoms with Gasteiger partial charge in [0, 0.05) is 22.4 Å². The molecule has 0 saturated carbocycles. The zero-order valence-electron chi connectivity index (χ0n) is 1.88. The fourth-order valence-electron chi connectivity index (χ4n) is 0. The van der Waals surface area contributed by atoms with E-state index in [0.29, 0.717) is 0 Å². The standard InChI is InChI=1S/CH2O2.Ta/c2-1-3;/h1H,(H,2,3);. The summed E-state index contributed by atoms with van der Waals surface area (Å²) in [7, 11) is 0. The van der Waals surface area contributed by atoms with Gasteiger partial charge in [0.15, 0.2) is 0 Å². The number of rotatable bonds is 0. The first kappa shape index (κ1) is 8.88. The maximum Gasteiger partial charge on any atom is 0.290 e. The predicted octanol–water partition coefficient (Wildman–Crippen LogP) is -0.302. The Morgan fingerprint density at radius 3 is 1.75 bits per heavy atom. The first-order valence-electron chi connectivity index (χ1n) is 0.494. The van der Waals surface area contributed by atoms with Gasteiger partial charge in [-0.15, -0.1) is 0 Å². The van der Waals surface area contributed by atoms with Crippen molar-refractivity contribution in [2.75, 3.05) is 0 Å². The molecule has 0 atom stereocenters. The third kappa shape index (κ3) is 73.2. The van der Waals surface area contributed by atoms with E-state index >= 15 is 0 Å². The Balaban J connectivity index is 0. The summed E-state index contributed by atoms with van der Waals surface area (Å²) >= 11 is 0. The zero-order valence-corrected chi connectivity index (χ0v) is 5.09. The molecule has 1 N–H and O–H groups in total. The molecule has 0 aromatic rings. The smallest absolute Gasteiger partial charge is 0.290 e. The molecular formula is CH2O2Ta. The van der Waals surface area contributed by atoms with Crippen LogP contribution in [0, 0.1) is 0 Å². The first-order valence-corrected chi connectivity index (χ1v) is 0.494. The molecule has 23 valence electrons. The molecule has 0 rings (SSSR count). The Morgan fingerprint density at radius 2 is 1.75 bits per heavy atom. The number of hydrogen-bond donors (Lipinski definition) is 1. The van der Waals surface area contributed by atoms with Gasteiger partial charge >= 0.3 is 0 Å². The van der Waals surface area contributed by atoms with Gasteiger partial charge in [-0.3, -0.25) is 4.79 Å². The van der Waals surface area contributed by atoms with E-state index in [-0.39, 0.29) is 28.9 Å². The summed E-state index contributed by atoms with van der Waals surface area (Å²) in [4.78, 5) is 8.36. The van der Waals surface area contributed by atoms with Crippen LogP contribution in [0.2, 0.25) is 0 Å². The summed E-state index contributed by atoms with van der Waals surface area (Å²) in [6.45, 7) is -0.250. The van der Waals surface area contributed by atoms with Crippen LogP contribution in [0.15, 0.2) is 0 Å². The molecule has 0 heterocycles. The predicted molar refractivity (Wildman–Crippen MR) is 8.69 cm³/mol. The largest absolute Gasteiger partial charge is 0.483 e. The van der Waals surface area contributed by atoms with Crippen LogP contribution in [-0.4, -0.2) is 11.6 Å². The Hall–Kier alpha value is 0.210. The van der Waals surface area contributed by atoms with E-state index in [1.807, 2.05) is 0 Å². The molecule has 0 unspecified atom stereocenters. The summed E-state index contributed by atoms with van der Waals surface area (Å²) in [5, 5.41) is 6.89. The maximum absolute atomic E-state index is 8.36. The third-order valence-electron chi connectivity index (χ3n) is 0. The van der Waals surface area contributed by atoms with E-state index in [9.17, 15) is 0 Å². The Kier molecular flexibility index (Phi) is 23.8. The molecule has 2 nitrogen and oxygen atoms in total. The fraction of sp³-hybridized carbons (Fsp3) is 0. The van der Waals surface area contributed by atoms with Gasteiger partial charge in [0.05, 0.1) is 0 Å². The maximum atomic E-state index is 8.36. The molecule has 3 heteroatoms. The van der Waals surface area contributed by atoms with Crippen LogP contribution in [0.5, 0.6) is 0 Å². The Bertz CT molecular complexity index is 13.5. The SMILES string of the molecule is O=CO.[Ta]. The average molecular weight is 227 g/mol. The zero-order chi connectivity index (χ0) is 2.71. The molecule has 0 fully saturated rings. The van der Waals surface area contributed by atoms with Crippen LogP contribution in [0.4, 0.5) is 0 Å². The van der Waals surface area contributed by atoms with Crippen LogP contribution < -0.4 is 0 Å². The van der Waals surface area contributed by atoms with Gasteiger partial charge in [-0.05, 0) is 0 Å². The summed E-state index contributed by atoms with van der Waals surface area (Å²) in [6, 6.07) is 0. The summed E-state index contributed by atoms with van der Waals surface area (Å²) < 4.78 is 0. The minimum atomic E-state index is -0.250. The van der Waals surface area contributed by atoms with E-state index in [1.54, 1.807) is 0 Å². The third-order valence-corrected chi connectivity index (χ3v) is 0. The molecule has 0 aliphatic carbocycles. The minimum absolute atomic E-state index is 0. The van der Waals surface area contributed by atoms with Crippen molar-refractivity contribution in [2.24, 2.45) is 0 Å². The first-order chi connectivity index (χ1) is 1.41. The van der Waals surface area contributed by atoms with Crippen molar-refractivity contribution in [1.29, 1.82) is 0 Å². The van der Waals surface area contributed by atoms with Gasteiger partial charge in [0.1, 0.15) is 0 Å². The summed E-state index contributed by atoms with van der Waals surface area (Å²) in [5.74, 6) is 0. The molecule has 0 aromatic carbocycles. The molecule has 4 heavy (non-hydrogen) atoms. The van der Waals surface area contributed by atoms with Gasteiger partial charge in [0.25, 0.3) is 6.47 Å². The molecule has 0 saturated heterocycles. The van der Waals surface area contributed by atoms with Crippen molar-refractivity contribution < 1.29 is 32.3 Å². The summed E-state index contributed by atoms with van der Waals surface area (Å²) in [6.07, 6.45) is 0. The van der Waals surface area contributed by atoms with Crippen LogP contribution >= 0.6 is 0 Å². The monoisotopic (exact) mass is 227 g/mol. The second-order valence-electron chi connectivity index (χ2n) is 0.105. The van der Waals surface area contributed by atoms with Crippen molar-refractivity contribution in [3.8, 4) is 0 Å². The van der Waals surface area contributed by atoms with Gasteiger partial charge in [-0.25, -0.2) is 0 Å². The van der Waals surface area contributed by atoms with Gasteiger partial charge < -0.3 is 5.11 Å². The van der Waals surface area contributed by atoms with Crippen molar-refractivity contribution in [1.82, 2.24) is 0 Å². The van der Waals surface area contributed by atoms with E-state index in [0.717, 1.165) is 0 Å². The van der Waals surface area contributed by atoms with Crippen LogP contribution in [0.25, 0.3) is 0 Å². The molecular weight excluding hydrogens is 225 g/mol. The van der Waals surface area contributed by atoms with Crippen molar-refractivity contribution in [2.45, 2.75) is 0 Å². The number of carboxylic acid groups (broad SMARTS) is 1. The topological polar surface area (TPSA) is 37.3 Å². The second-order valence-corrected chi connectivity index (χ2v) is 0.105. The van der Waals surface area contributed by atoms with Crippen LogP contribution in [-0.2, 0) is 27.2 Å². The Morgan fingerprint density at radius 1 is 1.75 bits per heavy atom. The van der Waals surface area contributed by atoms with Crippen LogP contribution in [0.1, 0.15) is 0 Å². The molecule has 0 aliphatic heterocycles.